The minimum Gasteiger partial charge on any atom is -0.385 e. The molecular formula is C42H40O2P2. The smallest absolute Gasteiger partial charge is 0.110 e. The lowest BCUT2D eigenvalue weighted by molar-refractivity contribution is 0.0759. The van der Waals surface area contributed by atoms with Gasteiger partial charge < -0.3 is 10.2 Å². The first-order valence-electron chi connectivity index (χ1n) is 16.3. The van der Waals surface area contributed by atoms with Crippen LogP contribution >= 0.6 is 15.8 Å². The Bertz CT molecular complexity index is 1810. The molecule has 0 aliphatic carbocycles. The lowest BCUT2D eigenvalue weighted by atomic mass is 9.72. The van der Waals surface area contributed by atoms with Crippen molar-refractivity contribution in [3.63, 3.8) is 0 Å². The topological polar surface area (TPSA) is 40.5 Å². The second kappa shape index (κ2) is 11.1. The number of aliphatic hydroxyl groups is 2. The molecule has 0 aromatic heterocycles. The third-order valence-electron chi connectivity index (χ3n) is 11.1. The third-order valence-corrected chi connectivity index (χ3v) is 17.4. The van der Waals surface area contributed by atoms with E-state index in [0.717, 1.165) is 34.1 Å². The third kappa shape index (κ3) is 4.24. The molecule has 4 aromatic carbocycles. The highest BCUT2D eigenvalue weighted by molar-refractivity contribution is 7.74. The van der Waals surface area contributed by atoms with E-state index in [1.807, 2.05) is 0 Å². The highest BCUT2D eigenvalue weighted by Gasteiger charge is 2.57. The van der Waals surface area contributed by atoms with Gasteiger partial charge in [0.1, 0.15) is 12.2 Å². The van der Waals surface area contributed by atoms with Crippen LogP contribution in [-0.4, -0.2) is 34.7 Å². The number of hydrogen-bond donors (Lipinski definition) is 2. The Morgan fingerprint density at radius 3 is 1.07 bits per heavy atom. The predicted molar refractivity (Wildman–Crippen MR) is 197 cm³/mol. The summed E-state index contributed by atoms with van der Waals surface area (Å²) in [7, 11) is -1.68. The van der Waals surface area contributed by atoms with Crippen molar-refractivity contribution in [1.29, 1.82) is 0 Å². The van der Waals surface area contributed by atoms with Crippen LogP contribution in [0, 0.1) is 10.8 Å². The molecule has 4 bridgehead atoms. The number of fused-ring (bicyclic) bond motifs is 4. The van der Waals surface area contributed by atoms with E-state index < -0.39 is 28.1 Å². The molecule has 4 heterocycles. The maximum atomic E-state index is 12.7. The molecule has 0 saturated heterocycles. The molecule has 2 unspecified atom stereocenters. The van der Waals surface area contributed by atoms with E-state index in [1.165, 1.54) is 44.0 Å². The second-order valence-corrected chi connectivity index (χ2v) is 17.9. The molecule has 0 spiro atoms. The molecule has 0 amide bonds. The summed E-state index contributed by atoms with van der Waals surface area (Å²) in [6.45, 7) is 9.31. The van der Waals surface area contributed by atoms with Crippen LogP contribution in [0.3, 0.4) is 0 Å². The van der Waals surface area contributed by atoms with Gasteiger partial charge in [-0.15, -0.1) is 0 Å². The van der Waals surface area contributed by atoms with Crippen molar-refractivity contribution in [2.75, 3.05) is 12.3 Å². The van der Waals surface area contributed by atoms with Crippen molar-refractivity contribution in [3.8, 4) is 0 Å². The Labute approximate surface area is 275 Å². The van der Waals surface area contributed by atoms with Gasteiger partial charge >= 0.3 is 0 Å². The van der Waals surface area contributed by atoms with Crippen molar-refractivity contribution in [2.24, 2.45) is 10.8 Å². The van der Waals surface area contributed by atoms with Gasteiger partial charge in [-0.2, -0.15) is 0 Å². The molecule has 6 atom stereocenters. The highest BCUT2D eigenvalue weighted by Crippen LogP contribution is 2.81. The van der Waals surface area contributed by atoms with Crippen LogP contribution in [0.4, 0.5) is 0 Å². The Kier molecular flexibility index (Phi) is 7.24. The zero-order valence-corrected chi connectivity index (χ0v) is 28.7. The van der Waals surface area contributed by atoms with Crippen molar-refractivity contribution in [2.45, 2.75) is 39.9 Å². The standard InChI is InChI=1S/C42H40O2P2/c1-27-37(31-21-13-7-14-22-31)45-25-41(27,3)33(29-17-9-5-10-18-29)39(45)35(43)36(44)40-34(30-19-11-6-12-20-30)42(4)26-46(40)38(28(42)2)32-23-15-8-16-24-32/h5-24,35-36,43-44H,25-26H2,1-4H3/t35-,36-,41-,42-,45?,46?/m0/s1. The predicted octanol–water partition coefficient (Wildman–Crippen LogP) is 10.4. The van der Waals surface area contributed by atoms with Gasteiger partial charge in [-0.05, 0) is 96.7 Å². The van der Waals surface area contributed by atoms with E-state index in [9.17, 15) is 10.2 Å². The van der Waals surface area contributed by atoms with Crippen molar-refractivity contribution < 1.29 is 10.2 Å². The quantitative estimate of drug-likeness (QED) is 0.198. The minimum absolute atomic E-state index is 0.192. The Morgan fingerprint density at radius 2 is 0.761 bits per heavy atom. The molecular weight excluding hydrogens is 598 g/mol. The fourth-order valence-corrected chi connectivity index (χ4v) is 16.4. The van der Waals surface area contributed by atoms with Crippen molar-refractivity contribution >= 4 is 37.6 Å². The lowest BCUT2D eigenvalue weighted by Gasteiger charge is -2.37. The van der Waals surface area contributed by atoms with Crippen molar-refractivity contribution in [1.82, 2.24) is 0 Å². The van der Waals surface area contributed by atoms with Gasteiger partial charge in [0.15, 0.2) is 0 Å². The van der Waals surface area contributed by atoms with E-state index >= 15 is 0 Å². The molecule has 4 aliphatic heterocycles. The summed E-state index contributed by atoms with van der Waals surface area (Å²) < 4.78 is 0. The number of rotatable bonds is 7. The molecule has 4 aliphatic rings. The zero-order valence-electron chi connectivity index (χ0n) is 26.9. The molecule has 8 rings (SSSR count). The molecule has 4 heteroatoms. The number of aliphatic hydroxyl groups excluding tert-OH is 2. The highest BCUT2D eigenvalue weighted by atomic mass is 31.1. The van der Waals surface area contributed by atoms with Gasteiger partial charge in [-0.3, -0.25) is 0 Å². The Morgan fingerprint density at radius 1 is 0.478 bits per heavy atom. The van der Waals surface area contributed by atoms with Crippen LogP contribution in [0.1, 0.15) is 49.9 Å². The molecule has 0 fully saturated rings. The van der Waals surface area contributed by atoms with E-state index in [1.54, 1.807) is 0 Å². The summed E-state index contributed by atoms with van der Waals surface area (Å²) in [5.41, 5.74) is 9.67. The second-order valence-electron chi connectivity index (χ2n) is 13.7. The number of hydrogen-bond acceptors (Lipinski definition) is 2. The summed E-state index contributed by atoms with van der Waals surface area (Å²) in [5, 5.41) is 30.4. The van der Waals surface area contributed by atoms with Gasteiger partial charge in [-0.1, -0.05) is 146 Å². The minimum atomic E-state index is -0.994. The molecule has 2 N–H and O–H groups in total. The van der Waals surface area contributed by atoms with Crippen LogP contribution in [0.2, 0.25) is 0 Å². The Balaban J connectivity index is 1.31. The largest absolute Gasteiger partial charge is 0.385 e. The fraction of sp³-hybridized carbons (Fsp3) is 0.238. The SMILES string of the molecule is CC1=C(c2ccccc2)P2C[C@]1(C)C(c1ccccc1)=C2[C@@H](O)[C@H](O)C1=C(c2ccccc2)[C@@]2(C)CP1C(c1ccccc1)=C2C. The average molecular weight is 639 g/mol. The van der Waals surface area contributed by atoms with Gasteiger partial charge in [-0.25, -0.2) is 0 Å². The van der Waals surface area contributed by atoms with Crippen molar-refractivity contribution in [3.05, 3.63) is 165 Å². The molecule has 4 aromatic rings. The van der Waals surface area contributed by atoms with Crippen LogP contribution in [0.25, 0.3) is 21.8 Å². The monoisotopic (exact) mass is 638 g/mol. The molecule has 230 valence electrons. The van der Waals surface area contributed by atoms with E-state index in [4.69, 9.17) is 0 Å². The summed E-state index contributed by atoms with van der Waals surface area (Å²) in [6.07, 6.45) is -0.0296. The average Bonchev–Trinajstić information content (AvgIpc) is 3.75. The van der Waals surface area contributed by atoms with Gasteiger partial charge in [0, 0.05) is 10.8 Å². The summed E-state index contributed by atoms with van der Waals surface area (Å²) in [6, 6.07) is 42.7. The van der Waals surface area contributed by atoms with E-state index in [-0.39, 0.29) is 10.8 Å². The lowest BCUT2D eigenvalue weighted by Crippen LogP contribution is -2.31. The van der Waals surface area contributed by atoms with E-state index in [0.29, 0.717) is 0 Å². The first kappa shape index (κ1) is 30.0. The summed E-state index contributed by atoms with van der Waals surface area (Å²) >= 11 is 0. The summed E-state index contributed by atoms with van der Waals surface area (Å²) in [4.78, 5) is 0. The first-order valence-corrected chi connectivity index (χ1v) is 19.4. The van der Waals surface area contributed by atoms with Crippen LogP contribution in [0.15, 0.2) is 143 Å². The first-order chi connectivity index (χ1) is 22.3. The van der Waals surface area contributed by atoms with E-state index in [2.05, 4.69) is 149 Å². The van der Waals surface area contributed by atoms with Gasteiger partial charge in [0.25, 0.3) is 0 Å². The van der Waals surface area contributed by atoms with Gasteiger partial charge in [0.2, 0.25) is 0 Å². The molecule has 0 saturated carbocycles. The molecule has 0 radical (unpaired) electrons. The van der Waals surface area contributed by atoms with Crippen LogP contribution < -0.4 is 0 Å². The Hall–Kier alpha value is -3.38. The number of allylic oxidation sites excluding steroid dienone is 4. The normalized spacial score (nSPS) is 28.1. The fourth-order valence-electron chi connectivity index (χ4n) is 8.73. The molecule has 2 nitrogen and oxygen atoms in total. The summed E-state index contributed by atoms with van der Waals surface area (Å²) in [5.74, 6) is 0. The van der Waals surface area contributed by atoms with Crippen LogP contribution in [0.5, 0.6) is 0 Å². The van der Waals surface area contributed by atoms with Crippen LogP contribution in [-0.2, 0) is 0 Å². The molecule has 46 heavy (non-hydrogen) atoms. The number of benzene rings is 4. The maximum Gasteiger partial charge on any atom is 0.110 e. The maximum absolute atomic E-state index is 12.7. The van der Waals surface area contributed by atoms with Gasteiger partial charge in [0.05, 0.1) is 0 Å². The zero-order chi connectivity index (χ0) is 31.8.